The highest BCUT2D eigenvalue weighted by atomic mass is 32.2. The number of nitrogens with two attached hydrogens (primary N) is 1. The van der Waals surface area contributed by atoms with Crippen LogP contribution in [0, 0.1) is 11.8 Å². The summed E-state index contributed by atoms with van der Waals surface area (Å²) in [5.41, 5.74) is 8.98. The summed E-state index contributed by atoms with van der Waals surface area (Å²) in [6.07, 6.45) is 2.51. The highest BCUT2D eigenvalue weighted by Gasteiger charge is 2.49. The zero-order valence-electron chi connectivity index (χ0n) is 18.7. The van der Waals surface area contributed by atoms with Crippen LogP contribution in [0.15, 0.2) is 40.0 Å². The van der Waals surface area contributed by atoms with Crippen molar-refractivity contribution in [2.45, 2.75) is 74.8 Å². The summed E-state index contributed by atoms with van der Waals surface area (Å²) in [5, 5.41) is 0. The molecule has 2 N–H and O–H groups in total. The van der Waals surface area contributed by atoms with E-state index in [1.807, 2.05) is 53.3 Å². The Labute approximate surface area is 167 Å². The lowest BCUT2D eigenvalue weighted by atomic mass is 9.77. The third-order valence-electron chi connectivity index (χ3n) is 4.06. The Balaban J connectivity index is 0. The summed E-state index contributed by atoms with van der Waals surface area (Å²) in [6, 6.07) is 0.592. The monoisotopic (exact) mass is 381 g/mol. The summed E-state index contributed by atoms with van der Waals surface area (Å²) in [4.78, 5) is 7.92. The van der Waals surface area contributed by atoms with E-state index in [9.17, 15) is 0 Å². The van der Waals surface area contributed by atoms with Crippen molar-refractivity contribution in [2.75, 3.05) is 12.3 Å². The van der Waals surface area contributed by atoms with Gasteiger partial charge >= 0.3 is 0 Å². The first-order valence-corrected chi connectivity index (χ1v) is 11.2. The minimum Gasteiger partial charge on any atom is -0.390 e. The van der Waals surface area contributed by atoms with E-state index in [2.05, 4.69) is 43.8 Å². The lowest BCUT2D eigenvalue weighted by molar-refractivity contribution is 0.107. The fraction of sp³-hybridized carbons (Fsp3) is 0.682. The Morgan fingerprint density at radius 3 is 2.23 bits per heavy atom. The van der Waals surface area contributed by atoms with Gasteiger partial charge in [-0.3, -0.25) is 4.99 Å². The average Bonchev–Trinajstić information content (AvgIpc) is 2.98. The number of hydrogen-bond acceptors (Lipinski definition) is 3. The first kappa shape index (κ1) is 27.1. The lowest BCUT2D eigenvalue weighted by Crippen LogP contribution is -2.51. The summed E-state index contributed by atoms with van der Waals surface area (Å²) in [7, 11) is 0. The first-order valence-electron chi connectivity index (χ1n) is 10.2. The molecule has 0 aromatic rings. The van der Waals surface area contributed by atoms with Gasteiger partial charge in [0.2, 0.25) is 0 Å². The molecule has 0 spiro atoms. The van der Waals surface area contributed by atoms with Gasteiger partial charge in [0.05, 0.1) is 18.6 Å². The van der Waals surface area contributed by atoms with Gasteiger partial charge in [0.25, 0.3) is 0 Å². The third kappa shape index (κ3) is 6.53. The van der Waals surface area contributed by atoms with Crippen molar-refractivity contribution in [3.05, 3.63) is 35.0 Å². The molecule has 2 aliphatic heterocycles. The van der Waals surface area contributed by atoms with Crippen LogP contribution < -0.4 is 5.73 Å². The molecule has 2 unspecified atom stereocenters. The Morgan fingerprint density at radius 2 is 1.81 bits per heavy atom. The molecule has 152 valence electrons. The van der Waals surface area contributed by atoms with Crippen molar-refractivity contribution < 1.29 is 0 Å². The van der Waals surface area contributed by atoms with Crippen molar-refractivity contribution >= 4 is 18.1 Å². The zero-order valence-corrected chi connectivity index (χ0v) is 19.5. The number of thioether (sulfide) groups is 1. The fourth-order valence-corrected chi connectivity index (χ4v) is 4.46. The van der Waals surface area contributed by atoms with Gasteiger partial charge in [0, 0.05) is 34.7 Å². The second kappa shape index (κ2) is 15.0. The number of hydrogen-bond donors (Lipinski definition) is 1. The van der Waals surface area contributed by atoms with Crippen LogP contribution in [0.4, 0.5) is 0 Å². The molecule has 0 aromatic heterocycles. The van der Waals surface area contributed by atoms with Crippen molar-refractivity contribution in [1.29, 1.82) is 0 Å². The maximum absolute atomic E-state index is 5.28. The second-order valence-electron chi connectivity index (χ2n) is 5.86. The van der Waals surface area contributed by atoms with E-state index in [1.165, 1.54) is 22.6 Å². The van der Waals surface area contributed by atoms with Crippen LogP contribution in [0.3, 0.4) is 0 Å². The van der Waals surface area contributed by atoms with Crippen LogP contribution in [0.2, 0.25) is 0 Å². The van der Waals surface area contributed by atoms with Crippen LogP contribution in [0.25, 0.3) is 0 Å². The molecule has 26 heavy (non-hydrogen) atoms. The lowest BCUT2D eigenvalue weighted by Gasteiger charge is -2.51. The minimum absolute atomic E-state index is 0.592. The molecule has 0 aromatic carbocycles. The molecule has 3 nitrogen and oxygen atoms in total. The van der Waals surface area contributed by atoms with Gasteiger partial charge in [-0.2, -0.15) is 0 Å². The van der Waals surface area contributed by atoms with Crippen LogP contribution >= 0.6 is 11.8 Å². The molecule has 0 radical (unpaired) electrons. The zero-order chi connectivity index (χ0) is 20.9. The Kier molecular flexibility index (Phi) is 15.6. The largest absolute Gasteiger partial charge is 0.390 e. The van der Waals surface area contributed by atoms with Crippen LogP contribution in [-0.2, 0) is 0 Å². The quantitative estimate of drug-likeness (QED) is 0.327. The predicted octanol–water partition coefficient (Wildman–Crippen LogP) is 6.45. The molecule has 1 saturated heterocycles. The minimum atomic E-state index is 0.592. The van der Waals surface area contributed by atoms with E-state index >= 15 is 0 Å². The molecule has 4 heteroatoms. The van der Waals surface area contributed by atoms with E-state index in [-0.39, 0.29) is 0 Å². The van der Waals surface area contributed by atoms with Crippen LogP contribution in [-0.4, -0.2) is 29.6 Å². The fourth-order valence-electron chi connectivity index (χ4n) is 3.32. The summed E-state index contributed by atoms with van der Waals surface area (Å²) in [5.74, 6) is 2.24. The Morgan fingerprint density at radius 1 is 1.27 bits per heavy atom. The molecule has 0 amide bonds. The topological polar surface area (TPSA) is 41.6 Å². The number of fused-ring (bicyclic) bond motifs is 1. The van der Waals surface area contributed by atoms with E-state index < -0.39 is 0 Å². The maximum atomic E-state index is 5.28. The van der Waals surface area contributed by atoms with Gasteiger partial charge in [-0.05, 0) is 18.4 Å². The SMILES string of the molecule is C=C(C)C1=C(SCCN=CN)CC2C(C(C)C)C(=C)N12.CC.CC.CC. The van der Waals surface area contributed by atoms with Gasteiger partial charge in [-0.25, -0.2) is 0 Å². The van der Waals surface area contributed by atoms with Gasteiger partial charge in [-0.1, -0.05) is 68.5 Å². The molecule has 1 fully saturated rings. The van der Waals surface area contributed by atoms with Gasteiger partial charge in [0.15, 0.2) is 0 Å². The van der Waals surface area contributed by atoms with Crippen molar-refractivity contribution in [3.8, 4) is 0 Å². The highest BCUT2D eigenvalue weighted by molar-refractivity contribution is 8.03. The highest BCUT2D eigenvalue weighted by Crippen LogP contribution is 2.54. The molecule has 2 aliphatic rings. The van der Waals surface area contributed by atoms with E-state index in [0.29, 0.717) is 17.9 Å². The molecule has 0 saturated carbocycles. The Bertz CT molecular complexity index is 478. The molecular formula is C22H43N3S. The maximum Gasteiger partial charge on any atom is 0.0798 e. The van der Waals surface area contributed by atoms with E-state index in [4.69, 9.17) is 5.73 Å². The smallest absolute Gasteiger partial charge is 0.0798 e. The summed E-state index contributed by atoms with van der Waals surface area (Å²) >= 11 is 1.89. The predicted molar refractivity (Wildman–Crippen MR) is 124 cm³/mol. The van der Waals surface area contributed by atoms with E-state index in [0.717, 1.165) is 24.3 Å². The molecule has 0 bridgehead atoms. The van der Waals surface area contributed by atoms with Crippen molar-refractivity contribution in [2.24, 2.45) is 22.6 Å². The number of nitrogens with zero attached hydrogens (tertiary/aromatic N) is 2. The normalized spacial score (nSPS) is 20.4. The van der Waals surface area contributed by atoms with Gasteiger partial charge < -0.3 is 10.6 Å². The standard InChI is InChI=1S/C16H25N3S.3C2H6/c1-10(2)15-12(5)19-13(15)8-14(16(19)11(3)4)20-7-6-18-9-17;3*1-2/h9-10,13,15H,3,5-8H2,1-2,4H3,(H2,17,18);3*1-2H3. The molecule has 2 atom stereocenters. The molecular weight excluding hydrogens is 338 g/mol. The first-order chi connectivity index (χ1) is 12.5. The van der Waals surface area contributed by atoms with Gasteiger partial charge in [-0.15, -0.1) is 11.8 Å². The summed E-state index contributed by atoms with van der Waals surface area (Å²) < 4.78 is 0. The number of allylic oxidation sites excluding steroid dienone is 1. The van der Waals surface area contributed by atoms with Crippen molar-refractivity contribution in [1.82, 2.24) is 4.90 Å². The van der Waals surface area contributed by atoms with E-state index in [1.54, 1.807) is 0 Å². The summed E-state index contributed by atoms with van der Waals surface area (Å²) in [6.45, 7) is 27.9. The van der Waals surface area contributed by atoms with Crippen LogP contribution in [0.1, 0.15) is 68.7 Å². The van der Waals surface area contributed by atoms with Crippen LogP contribution in [0.5, 0.6) is 0 Å². The van der Waals surface area contributed by atoms with Gasteiger partial charge in [0.1, 0.15) is 0 Å². The molecule has 0 aliphatic carbocycles. The Hall–Kier alpha value is -1.16. The number of aliphatic imine (C=N–C) groups is 1. The second-order valence-corrected chi connectivity index (χ2v) is 7.05. The molecule has 2 heterocycles. The number of rotatable bonds is 6. The molecule has 2 rings (SSSR count). The average molecular weight is 382 g/mol. The third-order valence-corrected chi connectivity index (χ3v) is 5.16. The van der Waals surface area contributed by atoms with Crippen molar-refractivity contribution in [3.63, 3.8) is 0 Å².